The third kappa shape index (κ3) is 4.25. The fourth-order valence-corrected chi connectivity index (χ4v) is 1.72. The minimum atomic E-state index is -0.728. The lowest BCUT2D eigenvalue weighted by atomic mass is 10.2. The number of hydrogen-bond acceptors (Lipinski definition) is 6. The number of carbonyl (C=O) groups is 1. The summed E-state index contributed by atoms with van der Waals surface area (Å²) in [5, 5.41) is 7.06. The highest BCUT2D eigenvalue weighted by atomic mass is 35.5. The van der Waals surface area contributed by atoms with Gasteiger partial charge in [0.2, 0.25) is 17.6 Å². The molecular weight excluding hydrogens is 296 g/mol. The molecule has 8 heteroatoms. The second-order valence-corrected chi connectivity index (χ2v) is 4.73. The molecule has 0 aliphatic rings. The minimum absolute atomic E-state index is 0.108. The van der Waals surface area contributed by atoms with Crippen LogP contribution in [0.2, 0.25) is 5.02 Å². The number of nitrogens with two attached hydrogens (primary N) is 1. The first-order chi connectivity index (χ1) is 10.1. The van der Waals surface area contributed by atoms with Crippen LogP contribution in [0.3, 0.4) is 0 Å². The van der Waals surface area contributed by atoms with E-state index in [9.17, 15) is 4.79 Å². The van der Waals surface area contributed by atoms with Gasteiger partial charge in [0, 0.05) is 17.7 Å². The maximum Gasteiger partial charge on any atom is 0.246 e. The zero-order valence-electron chi connectivity index (χ0n) is 11.4. The molecule has 1 amide bonds. The van der Waals surface area contributed by atoms with Crippen LogP contribution in [0.1, 0.15) is 5.89 Å². The number of ether oxygens (including phenoxy) is 1. The fourth-order valence-electron chi connectivity index (χ4n) is 1.59. The fraction of sp³-hybridized carbons (Fsp3) is 0.308. The number of hydrogen-bond donors (Lipinski definition) is 2. The Morgan fingerprint density at radius 3 is 2.86 bits per heavy atom. The van der Waals surface area contributed by atoms with Gasteiger partial charge in [-0.15, -0.1) is 0 Å². The van der Waals surface area contributed by atoms with Crippen molar-refractivity contribution in [2.45, 2.75) is 12.6 Å². The van der Waals surface area contributed by atoms with E-state index in [4.69, 9.17) is 26.6 Å². The van der Waals surface area contributed by atoms with Crippen molar-refractivity contribution < 1.29 is 14.1 Å². The molecule has 2 rings (SSSR count). The summed E-state index contributed by atoms with van der Waals surface area (Å²) in [5.74, 6) is 0.373. The normalized spacial score (nSPS) is 12.1. The standard InChI is InChI=1S/C13H15ClN4O3/c1-20-7-10(15)13(19)16-6-11-17-12(18-21-11)8-2-4-9(14)5-3-8/h2-5,10H,6-7,15H2,1H3,(H,16,19). The molecule has 1 heterocycles. The van der Waals surface area contributed by atoms with Crippen LogP contribution < -0.4 is 11.1 Å². The predicted octanol–water partition coefficient (Wildman–Crippen LogP) is 0.980. The number of carbonyl (C=O) groups excluding carboxylic acids is 1. The number of aromatic nitrogens is 2. The number of benzene rings is 1. The monoisotopic (exact) mass is 310 g/mol. The van der Waals surface area contributed by atoms with Crippen molar-refractivity contribution >= 4 is 17.5 Å². The van der Waals surface area contributed by atoms with E-state index in [1.54, 1.807) is 24.3 Å². The third-order valence-corrected chi connectivity index (χ3v) is 2.92. The molecule has 0 fully saturated rings. The summed E-state index contributed by atoms with van der Waals surface area (Å²) in [4.78, 5) is 15.8. The van der Waals surface area contributed by atoms with Crippen molar-refractivity contribution in [1.29, 1.82) is 0 Å². The summed E-state index contributed by atoms with van der Waals surface area (Å²) in [6, 6.07) is 6.30. The van der Waals surface area contributed by atoms with Crippen molar-refractivity contribution in [3.05, 3.63) is 35.2 Å². The second kappa shape index (κ2) is 7.16. The van der Waals surface area contributed by atoms with Crippen LogP contribution in [0.5, 0.6) is 0 Å². The Morgan fingerprint density at radius 1 is 1.48 bits per heavy atom. The first-order valence-electron chi connectivity index (χ1n) is 6.21. The Morgan fingerprint density at radius 2 is 2.19 bits per heavy atom. The molecule has 0 aliphatic heterocycles. The summed E-state index contributed by atoms with van der Waals surface area (Å²) in [5.41, 5.74) is 6.36. The van der Waals surface area contributed by atoms with Crippen LogP contribution in [0.4, 0.5) is 0 Å². The van der Waals surface area contributed by atoms with E-state index in [0.717, 1.165) is 5.56 Å². The van der Waals surface area contributed by atoms with E-state index in [1.165, 1.54) is 7.11 Å². The SMILES string of the molecule is COCC(N)C(=O)NCc1nc(-c2ccc(Cl)cc2)no1. The van der Waals surface area contributed by atoms with E-state index < -0.39 is 6.04 Å². The van der Waals surface area contributed by atoms with Crippen LogP contribution in [0.15, 0.2) is 28.8 Å². The highest BCUT2D eigenvalue weighted by molar-refractivity contribution is 6.30. The van der Waals surface area contributed by atoms with Gasteiger partial charge < -0.3 is 20.3 Å². The maximum absolute atomic E-state index is 11.6. The lowest BCUT2D eigenvalue weighted by Crippen LogP contribution is -2.43. The summed E-state index contributed by atoms with van der Waals surface area (Å²) in [6.45, 7) is 0.253. The highest BCUT2D eigenvalue weighted by Crippen LogP contribution is 2.18. The molecule has 0 saturated heterocycles. The van der Waals surface area contributed by atoms with Gasteiger partial charge in [0.05, 0.1) is 13.2 Å². The predicted molar refractivity (Wildman–Crippen MR) is 76.4 cm³/mol. The van der Waals surface area contributed by atoms with Gasteiger partial charge in [-0.25, -0.2) is 0 Å². The molecule has 1 aromatic heterocycles. The zero-order chi connectivity index (χ0) is 15.2. The Kier molecular flexibility index (Phi) is 5.26. The molecule has 2 aromatic rings. The molecule has 1 unspecified atom stereocenters. The van der Waals surface area contributed by atoms with Crippen LogP contribution in [0, 0.1) is 0 Å². The molecule has 1 atom stereocenters. The van der Waals surface area contributed by atoms with Gasteiger partial charge in [0.1, 0.15) is 6.04 Å². The Bertz CT molecular complexity index is 600. The first kappa shape index (κ1) is 15.4. The molecule has 112 valence electrons. The molecule has 21 heavy (non-hydrogen) atoms. The average molecular weight is 311 g/mol. The Labute approximate surface area is 126 Å². The molecule has 0 saturated carbocycles. The van der Waals surface area contributed by atoms with Gasteiger partial charge in [-0.3, -0.25) is 4.79 Å². The molecular formula is C13H15ClN4O3. The van der Waals surface area contributed by atoms with Crippen molar-refractivity contribution in [2.75, 3.05) is 13.7 Å². The summed E-state index contributed by atoms with van der Waals surface area (Å²) in [7, 11) is 1.48. The van der Waals surface area contributed by atoms with E-state index in [0.29, 0.717) is 10.8 Å². The van der Waals surface area contributed by atoms with Crippen LogP contribution in [-0.4, -0.2) is 35.8 Å². The number of halogens is 1. The smallest absolute Gasteiger partial charge is 0.246 e. The Balaban J connectivity index is 1.94. The minimum Gasteiger partial charge on any atom is -0.383 e. The molecule has 0 radical (unpaired) electrons. The maximum atomic E-state index is 11.6. The third-order valence-electron chi connectivity index (χ3n) is 2.67. The number of nitrogens with zero attached hydrogens (tertiary/aromatic N) is 2. The van der Waals surface area contributed by atoms with Gasteiger partial charge in [-0.2, -0.15) is 4.98 Å². The van der Waals surface area contributed by atoms with Gasteiger partial charge in [0.15, 0.2) is 0 Å². The molecule has 3 N–H and O–H groups in total. The number of methoxy groups -OCH3 is 1. The van der Waals surface area contributed by atoms with Gasteiger partial charge >= 0.3 is 0 Å². The summed E-state index contributed by atoms with van der Waals surface area (Å²) >= 11 is 5.81. The van der Waals surface area contributed by atoms with Gasteiger partial charge in [0.25, 0.3) is 0 Å². The van der Waals surface area contributed by atoms with Crippen LogP contribution in [0.25, 0.3) is 11.4 Å². The Hall–Kier alpha value is -1.96. The van der Waals surface area contributed by atoms with Crippen molar-refractivity contribution in [2.24, 2.45) is 5.73 Å². The van der Waals surface area contributed by atoms with E-state index in [2.05, 4.69) is 15.5 Å². The average Bonchev–Trinajstić information content (AvgIpc) is 2.94. The largest absolute Gasteiger partial charge is 0.383 e. The van der Waals surface area contributed by atoms with Crippen LogP contribution in [-0.2, 0) is 16.1 Å². The molecule has 1 aromatic carbocycles. The van der Waals surface area contributed by atoms with Gasteiger partial charge in [-0.1, -0.05) is 16.8 Å². The zero-order valence-corrected chi connectivity index (χ0v) is 12.1. The molecule has 0 bridgehead atoms. The van der Waals surface area contributed by atoms with Gasteiger partial charge in [-0.05, 0) is 24.3 Å². The lowest BCUT2D eigenvalue weighted by molar-refractivity contribution is -0.123. The number of nitrogens with one attached hydrogen (secondary N) is 1. The van der Waals surface area contributed by atoms with Crippen molar-refractivity contribution in [1.82, 2.24) is 15.5 Å². The van der Waals surface area contributed by atoms with Crippen molar-refractivity contribution in [3.63, 3.8) is 0 Å². The highest BCUT2D eigenvalue weighted by Gasteiger charge is 2.14. The number of amides is 1. The molecule has 7 nitrogen and oxygen atoms in total. The second-order valence-electron chi connectivity index (χ2n) is 4.30. The first-order valence-corrected chi connectivity index (χ1v) is 6.58. The van der Waals surface area contributed by atoms with E-state index >= 15 is 0 Å². The summed E-state index contributed by atoms with van der Waals surface area (Å²) in [6.07, 6.45) is 0. The van der Waals surface area contributed by atoms with Crippen LogP contribution >= 0.6 is 11.6 Å². The number of rotatable bonds is 6. The molecule has 0 spiro atoms. The molecule has 0 aliphatic carbocycles. The van der Waals surface area contributed by atoms with E-state index in [1.807, 2.05) is 0 Å². The van der Waals surface area contributed by atoms with E-state index in [-0.39, 0.29) is 24.9 Å². The quantitative estimate of drug-likeness (QED) is 0.824. The lowest BCUT2D eigenvalue weighted by Gasteiger charge is -2.09. The topological polar surface area (TPSA) is 103 Å². The summed E-state index contributed by atoms with van der Waals surface area (Å²) < 4.78 is 9.86. The van der Waals surface area contributed by atoms with Crippen molar-refractivity contribution in [3.8, 4) is 11.4 Å².